The number of esters is 3. The Morgan fingerprint density at radius 3 is 1.02 bits per heavy atom. The molecule has 0 aliphatic carbocycles. The lowest BCUT2D eigenvalue weighted by Crippen LogP contribution is -2.30. The molecular formula is C55H92O6. The summed E-state index contributed by atoms with van der Waals surface area (Å²) < 4.78 is 16.7. The highest BCUT2D eigenvalue weighted by atomic mass is 16.6. The summed E-state index contributed by atoms with van der Waals surface area (Å²) in [4.78, 5) is 37.7. The lowest BCUT2D eigenvalue weighted by atomic mass is 10.1. The molecule has 0 aliphatic rings. The molecule has 0 amide bonds. The van der Waals surface area contributed by atoms with E-state index >= 15 is 0 Å². The highest BCUT2D eigenvalue weighted by Gasteiger charge is 2.19. The quantitative estimate of drug-likeness (QED) is 0.0263. The fourth-order valence-electron chi connectivity index (χ4n) is 6.61. The summed E-state index contributed by atoms with van der Waals surface area (Å²) in [5, 5.41) is 0. The van der Waals surface area contributed by atoms with E-state index < -0.39 is 6.10 Å². The normalized spacial score (nSPS) is 12.8. The van der Waals surface area contributed by atoms with Gasteiger partial charge in [-0.25, -0.2) is 0 Å². The Kier molecular flexibility index (Phi) is 46.5. The third-order valence-electron chi connectivity index (χ3n) is 10.4. The van der Waals surface area contributed by atoms with Crippen molar-refractivity contribution >= 4 is 17.9 Å². The molecule has 0 saturated heterocycles. The van der Waals surface area contributed by atoms with Gasteiger partial charge in [0, 0.05) is 19.3 Å². The SMILES string of the molecule is CC/C=C\C/C=C\C/C=C\C/C=C\C/C=C\C/C=C\CCCCCCC(=O)OCC(COC(=O)CCCCCCCC)OC(=O)CCCCCCC/C=C\CCCCCCC. The zero-order chi connectivity index (χ0) is 44.4. The second kappa shape index (κ2) is 49.2. The molecule has 0 fully saturated rings. The van der Waals surface area contributed by atoms with E-state index in [2.05, 4.69) is 106 Å². The maximum Gasteiger partial charge on any atom is 0.306 e. The second-order valence-electron chi connectivity index (χ2n) is 16.3. The summed E-state index contributed by atoms with van der Waals surface area (Å²) in [7, 11) is 0. The number of unbranched alkanes of at least 4 members (excludes halogenated alkanes) is 19. The Balaban J connectivity index is 4.28. The van der Waals surface area contributed by atoms with E-state index in [-0.39, 0.29) is 31.1 Å². The molecule has 1 atom stereocenters. The zero-order valence-electron chi connectivity index (χ0n) is 39.7. The molecule has 0 N–H and O–H groups in total. The van der Waals surface area contributed by atoms with Crippen molar-refractivity contribution in [3.8, 4) is 0 Å². The molecule has 348 valence electrons. The zero-order valence-corrected chi connectivity index (χ0v) is 39.7. The van der Waals surface area contributed by atoms with Crippen molar-refractivity contribution in [2.75, 3.05) is 13.2 Å². The molecule has 6 heteroatoms. The fourth-order valence-corrected chi connectivity index (χ4v) is 6.61. The summed E-state index contributed by atoms with van der Waals surface area (Å²) in [5.41, 5.74) is 0. The number of carbonyl (C=O) groups is 3. The van der Waals surface area contributed by atoms with Gasteiger partial charge in [-0.2, -0.15) is 0 Å². The summed E-state index contributed by atoms with van der Waals surface area (Å²) in [6, 6.07) is 0. The van der Waals surface area contributed by atoms with Gasteiger partial charge in [0.25, 0.3) is 0 Å². The molecule has 0 aromatic heterocycles. The highest BCUT2D eigenvalue weighted by Crippen LogP contribution is 2.13. The Hall–Kier alpha value is -3.41. The van der Waals surface area contributed by atoms with Crippen LogP contribution in [0.5, 0.6) is 0 Å². The number of rotatable bonds is 44. The third-order valence-corrected chi connectivity index (χ3v) is 10.4. The summed E-state index contributed by atoms with van der Waals surface area (Å²) in [6.45, 7) is 6.41. The van der Waals surface area contributed by atoms with E-state index in [1.165, 1.54) is 64.2 Å². The van der Waals surface area contributed by atoms with E-state index in [9.17, 15) is 14.4 Å². The minimum absolute atomic E-state index is 0.0887. The van der Waals surface area contributed by atoms with Crippen molar-refractivity contribution in [1.82, 2.24) is 0 Å². The van der Waals surface area contributed by atoms with Crippen LogP contribution in [0.3, 0.4) is 0 Å². The van der Waals surface area contributed by atoms with Crippen molar-refractivity contribution in [1.29, 1.82) is 0 Å². The Morgan fingerprint density at radius 2 is 0.639 bits per heavy atom. The van der Waals surface area contributed by atoms with Gasteiger partial charge >= 0.3 is 17.9 Å². The van der Waals surface area contributed by atoms with Crippen LogP contribution in [0.15, 0.2) is 85.1 Å². The standard InChI is InChI=1S/C55H92O6/c1-4-7-10-13-16-18-20-22-24-25-26-27-28-29-30-31-32-34-35-37-39-42-45-48-54(57)60-51-52(50-59-53(56)47-44-41-15-12-9-6-3)61-55(58)49-46-43-40-38-36-33-23-21-19-17-14-11-8-5-2/h7,10,16,18,21-24,26-27,29-30,32,34,52H,4-6,8-9,11-15,17,19-20,25,28,31,33,35-51H2,1-3H3/b10-7-,18-16-,23-21-,24-22-,27-26-,30-29-,34-32-. The molecule has 0 radical (unpaired) electrons. The summed E-state index contributed by atoms with van der Waals surface area (Å²) in [5.74, 6) is -0.936. The number of carbonyl (C=O) groups excluding carboxylic acids is 3. The van der Waals surface area contributed by atoms with Crippen LogP contribution in [0.25, 0.3) is 0 Å². The van der Waals surface area contributed by atoms with Crippen molar-refractivity contribution in [2.24, 2.45) is 0 Å². The molecule has 0 rings (SSSR count). The van der Waals surface area contributed by atoms with Gasteiger partial charge in [0.15, 0.2) is 6.10 Å². The molecule has 0 aromatic carbocycles. The number of ether oxygens (including phenoxy) is 3. The average molecular weight is 849 g/mol. The van der Waals surface area contributed by atoms with Crippen LogP contribution in [0.2, 0.25) is 0 Å². The first-order valence-electron chi connectivity index (χ1n) is 25.1. The minimum atomic E-state index is -0.787. The first-order chi connectivity index (χ1) is 30.0. The van der Waals surface area contributed by atoms with Gasteiger partial charge in [-0.3, -0.25) is 14.4 Å². The van der Waals surface area contributed by atoms with Gasteiger partial charge in [0.1, 0.15) is 13.2 Å². The molecule has 0 spiro atoms. The first-order valence-corrected chi connectivity index (χ1v) is 25.1. The molecule has 0 bridgehead atoms. The molecule has 1 unspecified atom stereocenters. The lowest BCUT2D eigenvalue weighted by Gasteiger charge is -2.18. The van der Waals surface area contributed by atoms with Crippen molar-refractivity contribution in [3.63, 3.8) is 0 Å². The Morgan fingerprint density at radius 1 is 0.344 bits per heavy atom. The maximum absolute atomic E-state index is 12.7. The Bertz CT molecular complexity index is 1200. The molecule has 0 aliphatic heterocycles. The van der Waals surface area contributed by atoms with E-state index in [0.29, 0.717) is 19.3 Å². The minimum Gasteiger partial charge on any atom is -0.462 e. The van der Waals surface area contributed by atoms with E-state index in [0.717, 1.165) is 122 Å². The van der Waals surface area contributed by atoms with Gasteiger partial charge in [-0.1, -0.05) is 196 Å². The van der Waals surface area contributed by atoms with Crippen LogP contribution < -0.4 is 0 Å². The average Bonchev–Trinajstić information content (AvgIpc) is 3.26. The van der Waals surface area contributed by atoms with Gasteiger partial charge < -0.3 is 14.2 Å². The summed E-state index contributed by atoms with van der Waals surface area (Å²) in [6.07, 6.45) is 63.0. The predicted molar refractivity (Wildman–Crippen MR) is 261 cm³/mol. The molecule has 6 nitrogen and oxygen atoms in total. The van der Waals surface area contributed by atoms with E-state index in [1.54, 1.807) is 0 Å². The van der Waals surface area contributed by atoms with Gasteiger partial charge in [-0.15, -0.1) is 0 Å². The van der Waals surface area contributed by atoms with Crippen LogP contribution in [0.1, 0.15) is 226 Å². The molecule has 0 saturated carbocycles. The van der Waals surface area contributed by atoms with Crippen molar-refractivity contribution in [2.45, 2.75) is 232 Å². The maximum atomic E-state index is 12.7. The van der Waals surface area contributed by atoms with Crippen LogP contribution in [-0.4, -0.2) is 37.2 Å². The summed E-state index contributed by atoms with van der Waals surface area (Å²) >= 11 is 0. The number of allylic oxidation sites excluding steroid dienone is 14. The van der Waals surface area contributed by atoms with Crippen molar-refractivity contribution in [3.05, 3.63) is 85.1 Å². The monoisotopic (exact) mass is 849 g/mol. The second-order valence-corrected chi connectivity index (χ2v) is 16.3. The van der Waals surface area contributed by atoms with Crippen LogP contribution >= 0.6 is 0 Å². The molecular weight excluding hydrogens is 757 g/mol. The van der Waals surface area contributed by atoms with Crippen LogP contribution in [-0.2, 0) is 28.6 Å². The molecule has 0 heterocycles. The number of hydrogen-bond acceptors (Lipinski definition) is 6. The van der Waals surface area contributed by atoms with Gasteiger partial charge in [-0.05, 0) is 96.3 Å². The van der Waals surface area contributed by atoms with Gasteiger partial charge in [0.2, 0.25) is 0 Å². The van der Waals surface area contributed by atoms with Crippen LogP contribution in [0.4, 0.5) is 0 Å². The lowest BCUT2D eigenvalue weighted by molar-refractivity contribution is -0.167. The largest absolute Gasteiger partial charge is 0.462 e. The van der Waals surface area contributed by atoms with E-state index in [1.807, 2.05) is 0 Å². The van der Waals surface area contributed by atoms with Gasteiger partial charge in [0.05, 0.1) is 0 Å². The van der Waals surface area contributed by atoms with Crippen LogP contribution in [0, 0.1) is 0 Å². The molecule has 61 heavy (non-hydrogen) atoms. The number of hydrogen-bond donors (Lipinski definition) is 0. The fraction of sp³-hybridized carbons (Fsp3) is 0.691. The molecule has 0 aromatic rings. The first kappa shape index (κ1) is 57.6. The third kappa shape index (κ3) is 47.5. The smallest absolute Gasteiger partial charge is 0.306 e. The predicted octanol–water partition coefficient (Wildman–Crippen LogP) is 16.4. The van der Waals surface area contributed by atoms with E-state index in [4.69, 9.17) is 14.2 Å². The highest BCUT2D eigenvalue weighted by molar-refractivity contribution is 5.71. The topological polar surface area (TPSA) is 78.9 Å². The van der Waals surface area contributed by atoms with Crippen molar-refractivity contribution < 1.29 is 28.6 Å². The Labute approximate surface area is 375 Å².